The van der Waals surface area contributed by atoms with Crippen molar-refractivity contribution in [2.24, 2.45) is 0 Å². The number of hydrogen-bond acceptors (Lipinski definition) is 8. The van der Waals surface area contributed by atoms with E-state index in [9.17, 15) is 18.0 Å². The third-order valence-corrected chi connectivity index (χ3v) is 5.88. The van der Waals surface area contributed by atoms with Gasteiger partial charge in [-0.05, 0) is 17.7 Å². The third kappa shape index (κ3) is 3.63. The maximum absolute atomic E-state index is 12.8. The lowest BCUT2D eigenvalue weighted by Crippen LogP contribution is -2.27. The molecule has 7 nitrogen and oxygen atoms in total. The van der Waals surface area contributed by atoms with Gasteiger partial charge in [-0.15, -0.1) is 22.0 Å². The fourth-order valence-electron chi connectivity index (χ4n) is 2.55. The van der Waals surface area contributed by atoms with Crippen LogP contribution in [0.25, 0.3) is 0 Å². The number of nitrogens with zero attached hydrogens (tertiary/aromatic N) is 3. The van der Waals surface area contributed by atoms with Crippen LogP contribution >= 0.6 is 23.1 Å². The molecule has 1 atom stereocenters. The minimum atomic E-state index is -4.62. The SMILES string of the molecule is COc1cc([C@H]2SCC(=O)N2c2nnc(C(F)(F)F)s2)cc(OC)c1OC. The van der Waals surface area contributed by atoms with Gasteiger partial charge in [-0.25, -0.2) is 0 Å². The molecule has 0 N–H and O–H groups in total. The molecule has 0 unspecified atom stereocenters. The summed E-state index contributed by atoms with van der Waals surface area (Å²) in [5.74, 6) is 0.867. The molecule has 3 rings (SSSR count). The van der Waals surface area contributed by atoms with Crippen molar-refractivity contribution in [3.63, 3.8) is 0 Å². The number of alkyl halides is 3. The summed E-state index contributed by atoms with van der Waals surface area (Å²) in [7, 11) is 4.36. The Kier molecular flexibility index (Phi) is 5.38. The van der Waals surface area contributed by atoms with E-state index in [-0.39, 0.29) is 16.8 Å². The molecule has 1 aliphatic heterocycles. The standard InChI is InChI=1S/C15H14F3N3O4S2/c1-23-8-4-7(5-9(24-2)11(8)25-3)12-21(10(22)6-26-12)14-20-19-13(27-14)15(16,17)18/h4-5,12H,6H2,1-3H3/t12-/m1/s1. The van der Waals surface area contributed by atoms with E-state index in [2.05, 4.69) is 10.2 Å². The molecule has 2 heterocycles. The van der Waals surface area contributed by atoms with Crippen LogP contribution in [0.4, 0.5) is 18.3 Å². The number of benzene rings is 1. The summed E-state index contributed by atoms with van der Waals surface area (Å²) in [4.78, 5) is 13.5. The predicted molar refractivity (Wildman–Crippen MR) is 93.7 cm³/mol. The zero-order valence-corrected chi connectivity index (χ0v) is 16.0. The van der Waals surface area contributed by atoms with Crippen molar-refractivity contribution in [1.29, 1.82) is 0 Å². The number of rotatable bonds is 5. The number of aromatic nitrogens is 2. The van der Waals surface area contributed by atoms with Gasteiger partial charge >= 0.3 is 6.18 Å². The van der Waals surface area contributed by atoms with Crippen LogP contribution < -0.4 is 19.1 Å². The van der Waals surface area contributed by atoms with Crippen LogP contribution in [0, 0.1) is 0 Å². The van der Waals surface area contributed by atoms with Gasteiger partial charge in [0.1, 0.15) is 5.37 Å². The molecule has 0 bridgehead atoms. The number of ether oxygens (including phenoxy) is 3. The molecule has 1 amide bonds. The number of amides is 1. The van der Waals surface area contributed by atoms with Gasteiger partial charge in [0.15, 0.2) is 11.5 Å². The number of methoxy groups -OCH3 is 3. The second-order valence-electron chi connectivity index (χ2n) is 5.27. The summed E-state index contributed by atoms with van der Waals surface area (Å²) in [6.07, 6.45) is -4.62. The van der Waals surface area contributed by atoms with Gasteiger partial charge in [-0.2, -0.15) is 13.2 Å². The van der Waals surface area contributed by atoms with Gasteiger partial charge in [0.05, 0.1) is 27.1 Å². The van der Waals surface area contributed by atoms with Crippen molar-refractivity contribution >= 4 is 34.1 Å². The highest BCUT2D eigenvalue weighted by atomic mass is 32.2. The highest BCUT2D eigenvalue weighted by molar-refractivity contribution is 8.00. The lowest BCUT2D eigenvalue weighted by Gasteiger charge is -2.23. The second-order valence-corrected chi connectivity index (χ2v) is 7.30. The highest BCUT2D eigenvalue weighted by Gasteiger charge is 2.41. The molecule has 0 spiro atoms. The number of hydrogen-bond donors (Lipinski definition) is 0. The van der Waals surface area contributed by atoms with Crippen LogP contribution in [0.5, 0.6) is 17.2 Å². The van der Waals surface area contributed by atoms with E-state index in [0.717, 1.165) is 0 Å². The molecule has 0 radical (unpaired) electrons. The molecular weight excluding hydrogens is 407 g/mol. The van der Waals surface area contributed by atoms with Crippen LogP contribution in [0.15, 0.2) is 12.1 Å². The zero-order valence-electron chi connectivity index (χ0n) is 14.4. The molecule has 2 aromatic rings. The highest BCUT2D eigenvalue weighted by Crippen LogP contribution is 2.48. The number of halogens is 3. The normalized spacial score (nSPS) is 17.3. The lowest BCUT2D eigenvalue weighted by atomic mass is 10.1. The Bertz CT molecular complexity index is 834. The fourth-order valence-corrected chi connectivity index (χ4v) is 4.51. The van der Waals surface area contributed by atoms with Gasteiger partial charge in [0.25, 0.3) is 0 Å². The summed E-state index contributed by atoms with van der Waals surface area (Å²) < 4.78 is 54.4. The maximum atomic E-state index is 12.8. The molecule has 12 heteroatoms. The lowest BCUT2D eigenvalue weighted by molar-refractivity contribution is -0.138. The Labute approximate surface area is 160 Å². The summed E-state index contributed by atoms with van der Waals surface area (Å²) in [5, 5.41) is 4.91. The topological polar surface area (TPSA) is 73.8 Å². The summed E-state index contributed by atoms with van der Waals surface area (Å²) in [6, 6.07) is 3.30. The van der Waals surface area contributed by atoms with Crippen LogP contribution in [-0.2, 0) is 11.0 Å². The molecular formula is C15H14F3N3O4S2. The van der Waals surface area contributed by atoms with E-state index in [1.807, 2.05) is 0 Å². The van der Waals surface area contributed by atoms with E-state index >= 15 is 0 Å². The molecule has 1 saturated heterocycles. The summed E-state index contributed by atoms with van der Waals surface area (Å²) >= 11 is 1.58. The average molecular weight is 421 g/mol. The first kappa shape index (κ1) is 19.5. The van der Waals surface area contributed by atoms with E-state index in [4.69, 9.17) is 14.2 Å². The second kappa shape index (κ2) is 7.43. The Morgan fingerprint density at radius 2 is 1.74 bits per heavy atom. The largest absolute Gasteiger partial charge is 0.493 e. The van der Waals surface area contributed by atoms with Crippen molar-refractivity contribution in [1.82, 2.24) is 10.2 Å². The predicted octanol–water partition coefficient (Wildman–Crippen LogP) is 3.36. The minimum absolute atomic E-state index is 0.0995. The van der Waals surface area contributed by atoms with Crippen LogP contribution in [-0.4, -0.2) is 43.2 Å². The van der Waals surface area contributed by atoms with Gasteiger partial charge in [0.2, 0.25) is 21.8 Å². The number of thioether (sulfide) groups is 1. The summed E-state index contributed by atoms with van der Waals surface area (Å²) in [6.45, 7) is 0. The molecule has 0 aliphatic carbocycles. The monoisotopic (exact) mass is 421 g/mol. The van der Waals surface area contributed by atoms with Gasteiger partial charge < -0.3 is 14.2 Å². The third-order valence-electron chi connectivity index (χ3n) is 3.70. The Morgan fingerprint density at radius 3 is 2.22 bits per heavy atom. The molecule has 1 aromatic carbocycles. The Balaban J connectivity index is 2.03. The zero-order chi connectivity index (χ0) is 19.8. The molecule has 0 saturated carbocycles. The smallest absolute Gasteiger partial charge is 0.445 e. The number of anilines is 1. The Morgan fingerprint density at radius 1 is 1.11 bits per heavy atom. The van der Waals surface area contributed by atoms with Crippen molar-refractivity contribution < 1.29 is 32.2 Å². The molecule has 1 aromatic heterocycles. The Hall–Kier alpha value is -2.21. The van der Waals surface area contributed by atoms with Crippen LogP contribution in [0.1, 0.15) is 15.9 Å². The first-order valence-electron chi connectivity index (χ1n) is 7.44. The van der Waals surface area contributed by atoms with E-state index in [0.29, 0.717) is 34.1 Å². The van der Waals surface area contributed by atoms with E-state index in [1.54, 1.807) is 12.1 Å². The molecule has 1 fully saturated rings. The van der Waals surface area contributed by atoms with Gasteiger partial charge in [0, 0.05) is 0 Å². The van der Waals surface area contributed by atoms with E-state index in [1.165, 1.54) is 38.0 Å². The van der Waals surface area contributed by atoms with Crippen molar-refractivity contribution in [3.05, 3.63) is 22.7 Å². The van der Waals surface area contributed by atoms with E-state index < -0.39 is 16.6 Å². The van der Waals surface area contributed by atoms with Crippen LogP contribution in [0.3, 0.4) is 0 Å². The van der Waals surface area contributed by atoms with Crippen molar-refractivity contribution in [3.8, 4) is 17.2 Å². The average Bonchev–Trinajstić information content (AvgIpc) is 3.26. The first-order valence-corrected chi connectivity index (χ1v) is 9.31. The van der Waals surface area contributed by atoms with Crippen molar-refractivity contribution in [2.45, 2.75) is 11.6 Å². The van der Waals surface area contributed by atoms with Gasteiger partial charge in [-0.1, -0.05) is 11.3 Å². The number of carbonyl (C=O) groups excluding carboxylic acids is 1. The van der Waals surface area contributed by atoms with Crippen LogP contribution in [0.2, 0.25) is 0 Å². The maximum Gasteiger partial charge on any atom is 0.445 e. The molecule has 146 valence electrons. The fraction of sp³-hybridized carbons (Fsp3) is 0.400. The minimum Gasteiger partial charge on any atom is -0.493 e. The van der Waals surface area contributed by atoms with Gasteiger partial charge in [-0.3, -0.25) is 9.69 Å². The molecule has 1 aliphatic rings. The molecule has 27 heavy (non-hydrogen) atoms. The first-order chi connectivity index (χ1) is 12.8. The summed E-state index contributed by atoms with van der Waals surface area (Å²) in [5.41, 5.74) is 0.601. The number of carbonyl (C=O) groups is 1. The quantitative estimate of drug-likeness (QED) is 0.733. The van der Waals surface area contributed by atoms with Crippen molar-refractivity contribution in [2.75, 3.05) is 32.0 Å².